The predicted octanol–water partition coefficient (Wildman–Crippen LogP) is 2.23. The van der Waals surface area contributed by atoms with Crippen molar-refractivity contribution in [1.82, 2.24) is 15.5 Å². The van der Waals surface area contributed by atoms with Crippen molar-refractivity contribution in [1.29, 1.82) is 0 Å². The number of ether oxygens (including phenoxy) is 1. The highest BCUT2D eigenvalue weighted by atomic mass is 79.9. The van der Waals surface area contributed by atoms with Crippen LogP contribution in [0.5, 0.6) is 5.75 Å². The van der Waals surface area contributed by atoms with Crippen LogP contribution in [0.25, 0.3) is 0 Å². The van der Waals surface area contributed by atoms with Crippen LogP contribution in [0.3, 0.4) is 0 Å². The van der Waals surface area contributed by atoms with Crippen LogP contribution < -0.4 is 15.4 Å². The van der Waals surface area contributed by atoms with Crippen molar-refractivity contribution >= 4 is 15.9 Å². The lowest BCUT2D eigenvalue weighted by atomic mass is 10.2. The lowest BCUT2D eigenvalue weighted by Crippen LogP contribution is -2.45. The first kappa shape index (κ1) is 16.7. The minimum Gasteiger partial charge on any atom is -0.491 e. The lowest BCUT2D eigenvalue weighted by molar-refractivity contribution is 0.236. The van der Waals surface area contributed by atoms with Crippen LogP contribution >= 0.6 is 15.9 Å². The van der Waals surface area contributed by atoms with Gasteiger partial charge >= 0.3 is 0 Å². The monoisotopic (exact) mass is 355 g/mol. The molecule has 2 rings (SSSR count). The Hall–Kier alpha value is -0.620. The van der Waals surface area contributed by atoms with Crippen LogP contribution in [0.15, 0.2) is 22.7 Å². The summed E-state index contributed by atoms with van der Waals surface area (Å²) in [7, 11) is 0. The van der Waals surface area contributed by atoms with Crippen molar-refractivity contribution in [3.8, 4) is 5.75 Å². The Morgan fingerprint density at radius 3 is 2.81 bits per heavy atom. The standard InChI is InChI=1S/C16H26BrN3O/c1-13(2)21-16-4-3-15(17)11-14(16)12-19-7-10-20-8-5-18-6-9-20/h3-4,11,13,18-19H,5-10,12H2,1-2H3. The van der Waals surface area contributed by atoms with Gasteiger partial charge in [0.15, 0.2) is 0 Å². The number of benzene rings is 1. The zero-order valence-electron chi connectivity index (χ0n) is 13.0. The molecule has 1 aliphatic heterocycles. The minimum absolute atomic E-state index is 0.200. The van der Waals surface area contributed by atoms with Crippen LogP contribution in [0.4, 0.5) is 0 Å². The first-order valence-corrected chi connectivity index (χ1v) is 8.53. The number of piperazine rings is 1. The molecule has 1 aromatic rings. The number of halogens is 1. The Morgan fingerprint density at radius 1 is 1.33 bits per heavy atom. The van der Waals surface area contributed by atoms with E-state index >= 15 is 0 Å². The molecule has 0 unspecified atom stereocenters. The second-order valence-electron chi connectivity index (χ2n) is 5.69. The second-order valence-corrected chi connectivity index (χ2v) is 6.60. The molecule has 0 amide bonds. The van der Waals surface area contributed by atoms with Gasteiger partial charge in [-0.3, -0.25) is 4.90 Å². The fourth-order valence-electron chi connectivity index (χ4n) is 2.45. The third-order valence-electron chi connectivity index (χ3n) is 3.52. The summed E-state index contributed by atoms with van der Waals surface area (Å²) in [4.78, 5) is 2.50. The van der Waals surface area contributed by atoms with Crippen LogP contribution in [-0.2, 0) is 6.54 Å². The Kier molecular flexibility index (Phi) is 6.96. The van der Waals surface area contributed by atoms with Crippen molar-refractivity contribution < 1.29 is 4.74 Å². The molecule has 0 spiro atoms. The fraction of sp³-hybridized carbons (Fsp3) is 0.625. The maximum atomic E-state index is 5.87. The van der Waals surface area contributed by atoms with E-state index in [1.165, 1.54) is 5.56 Å². The van der Waals surface area contributed by atoms with Gasteiger partial charge in [-0.15, -0.1) is 0 Å². The van der Waals surface area contributed by atoms with Gasteiger partial charge in [-0.2, -0.15) is 0 Å². The van der Waals surface area contributed by atoms with Crippen molar-refractivity contribution in [2.75, 3.05) is 39.3 Å². The molecule has 2 N–H and O–H groups in total. The van der Waals surface area contributed by atoms with Crippen LogP contribution in [0, 0.1) is 0 Å². The molecule has 1 aliphatic rings. The summed E-state index contributed by atoms with van der Waals surface area (Å²) in [6.07, 6.45) is 0.200. The van der Waals surface area contributed by atoms with E-state index in [9.17, 15) is 0 Å². The molecule has 1 saturated heterocycles. The summed E-state index contributed by atoms with van der Waals surface area (Å²) in [5, 5.41) is 6.91. The largest absolute Gasteiger partial charge is 0.491 e. The van der Waals surface area contributed by atoms with Gasteiger partial charge in [0.1, 0.15) is 5.75 Å². The van der Waals surface area contributed by atoms with Crippen molar-refractivity contribution in [3.05, 3.63) is 28.2 Å². The quantitative estimate of drug-likeness (QED) is 0.735. The average Bonchev–Trinajstić information content (AvgIpc) is 2.47. The number of hydrogen-bond donors (Lipinski definition) is 2. The zero-order chi connectivity index (χ0) is 15.1. The molecule has 118 valence electrons. The molecular weight excluding hydrogens is 330 g/mol. The maximum Gasteiger partial charge on any atom is 0.124 e. The smallest absolute Gasteiger partial charge is 0.124 e. The average molecular weight is 356 g/mol. The normalized spacial score (nSPS) is 16.4. The van der Waals surface area contributed by atoms with E-state index in [0.29, 0.717) is 0 Å². The lowest BCUT2D eigenvalue weighted by Gasteiger charge is -2.27. The number of nitrogens with zero attached hydrogens (tertiary/aromatic N) is 1. The van der Waals surface area contributed by atoms with Crippen molar-refractivity contribution in [2.45, 2.75) is 26.5 Å². The molecule has 1 fully saturated rings. The highest BCUT2D eigenvalue weighted by Crippen LogP contribution is 2.24. The number of rotatable bonds is 7. The van der Waals surface area contributed by atoms with Gasteiger partial charge in [0.2, 0.25) is 0 Å². The van der Waals surface area contributed by atoms with Crippen LogP contribution in [0.1, 0.15) is 19.4 Å². The Morgan fingerprint density at radius 2 is 2.10 bits per heavy atom. The molecular formula is C16H26BrN3O. The summed E-state index contributed by atoms with van der Waals surface area (Å²) in [6, 6.07) is 6.20. The highest BCUT2D eigenvalue weighted by molar-refractivity contribution is 9.10. The maximum absolute atomic E-state index is 5.87. The first-order valence-electron chi connectivity index (χ1n) is 7.74. The van der Waals surface area contributed by atoms with E-state index in [1.54, 1.807) is 0 Å². The molecule has 4 nitrogen and oxygen atoms in total. The van der Waals surface area contributed by atoms with E-state index < -0.39 is 0 Å². The van der Waals surface area contributed by atoms with E-state index in [2.05, 4.69) is 51.4 Å². The van der Waals surface area contributed by atoms with Crippen LogP contribution in [0.2, 0.25) is 0 Å². The van der Waals surface area contributed by atoms with Gasteiger partial charge in [-0.05, 0) is 32.0 Å². The van der Waals surface area contributed by atoms with Gasteiger partial charge in [0.25, 0.3) is 0 Å². The highest BCUT2D eigenvalue weighted by Gasteiger charge is 2.09. The fourth-order valence-corrected chi connectivity index (χ4v) is 2.86. The van der Waals surface area contributed by atoms with E-state index in [4.69, 9.17) is 4.74 Å². The molecule has 0 aromatic heterocycles. The molecule has 0 atom stereocenters. The molecule has 5 heteroatoms. The number of hydrogen-bond acceptors (Lipinski definition) is 4. The SMILES string of the molecule is CC(C)Oc1ccc(Br)cc1CNCCN1CCNCC1. The summed E-state index contributed by atoms with van der Waals surface area (Å²) < 4.78 is 6.96. The summed E-state index contributed by atoms with van der Waals surface area (Å²) in [5.41, 5.74) is 1.21. The van der Waals surface area contributed by atoms with Gasteiger partial charge in [-0.1, -0.05) is 15.9 Å². The number of nitrogens with one attached hydrogen (secondary N) is 2. The van der Waals surface area contributed by atoms with E-state index in [0.717, 1.165) is 56.0 Å². The molecule has 1 heterocycles. The van der Waals surface area contributed by atoms with Crippen LogP contribution in [-0.4, -0.2) is 50.3 Å². The Labute approximate surface area is 136 Å². The molecule has 0 saturated carbocycles. The summed E-state index contributed by atoms with van der Waals surface area (Å²) in [6.45, 7) is 11.6. The third kappa shape index (κ3) is 5.94. The molecule has 0 aliphatic carbocycles. The summed E-state index contributed by atoms with van der Waals surface area (Å²) in [5.74, 6) is 0.975. The van der Waals surface area contributed by atoms with Crippen molar-refractivity contribution in [2.24, 2.45) is 0 Å². The molecule has 1 aromatic carbocycles. The molecule has 21 heavy (non-hydrogen) atoms. The van der Waals surface area contributed by atoms with Gasteiger partial charge < -0.3 is 15.4 Å². The van der Waals surface area contributed by atoms with Gasteiger partial charge in [0.05, 0.1) is 6.10 Å². The second kappa shape index (κ2) is 8.73. The summed E-state index contributed by atoms with van der Waals surface area (Å²) >= 11 is 3.54. The Bertz CT molecular complexity index is 434. The first-order chi connectivity index (χ1) is 10.1. The third-order valence-corrected chi connectivity index (χ3v) is 4.01. The molecule has 0 radical (unpaired) electrons. The zero-order valence-corrected chi connectivity index (χ0v) is 14.6. The van der Waals surface area contributed by atoms with E-state index in [-0.39, 0.29) is 6.10 Å². The Balaban J connectivity index is 1.79. The topological polar surface area (TPSA) is 36.5 Å². The molecule has 0 bridgehead atoms. The van der Waals surface area contributed by atoms with Gasteiger partial charge in [0, 0.05) is 55.8 Å². The minimum atomic E-state index is 0.200. The predicted molar refractivity (Wildman–Crippen MR) is 90.9 cm³/mol. The van der Waals surface area contributed by atoms with E-state index in [1.807, 2.05) is 12.1 Å². The van der Waals surface area contributed by atoms with Gasteiger partial charge in [-0.25, -0.2) is 0 Å². The van der Waals surface area contributed by atoms with Crippen molar-refractivity contribution in [3.63, 3.8) is 0 Å².